The molecular weight excluding hydrogens is 366 g/mol. The van der Waals surface area contributed by atoms with Gasteiger partial charge in [0.1, 0.15) is 0 Å². The Bertz CT molecular complexity index is 609. The fourth-order valence-electron chi connectivity index (χ4n) is 3.94. The number of aliphatic carboxylic acids is 1. The number of nitrogens with one attached hydrogen (secondary N) is 2. The summed E-state index contributed by atoms with van der Waals surface area (Å²) < 4.78 is 0. The third kappa shape index (κ3) is 6.40. The van der Waals surface area contributed by atoms with Crippen LogP contribution in [0, 0.1) is 5.92 Å². The molecule has 0 aromatic heterocycles. The molecule has 0 radical (unpaired) electrons. The number of benzene rings is 1. The van der Waals surface area contributed by atoms with Crippen LogP contribution in [0.5, 0.6) is 0 Å². The fraction of sp³-hybridized carbons (Fsp3) is 0.600. The average molecular weight is 396 g/mol. The molecule has 0 unspecified atom stereocenters. The maximum Gasteiger partial charge on any atom is 0.303 e. The molecule has 1 amide bonds. The maximum absolute atomic E-state index is 12.5. The van der Waals surface area contributed by atoms with Crippen molar-refractivity contribution >= 4 is 30.0 Å². The number of rotatable bonds is 6. The van der Waals surface area contributed by atoms with Gasteiger partial charge in [0.25, 0.3) is 5.91 Å². The molecule has 0 atom stereocenters. The quantitative estimate of drug-likeness (QED) is 0.689. The van der Waals surface area contributed by atoms with Gasteiger partial charge in [0.05, 0.1) is 0 Å². The molecule has 7 heteroatoms. The van der Waals surface area contributed by atoms with Crippen LogP contribution in [0.4, 0.5) is 5.69 Å². The Hall–Kier alpha value is -1.79. The standard InChI is InChI=1S/C20H29N3O3.ClH/c24-19(25)10-3-15-1-6-17(7-2-15)22-20(26)16-4-8-18(9-5-16)23-13-11-21-12-14-23;/h4-5,8-9,15,17,21H,1-3,6-7,10-14H2,(H,22,26)(H,24,25);1H/t15-,17-;. The molecule has 3 N–H and O–H groups in total. The number of carbonyl (C=O) groups excluding carboxylic acids is 1. The van der Waals surface area contributed by atoms with Gasteiger partial charge in [-0.25, -0.2) is 0 Å². The summed E-state index contributed by atoms with van der Waals surface area (Å²) in [5.41, 5.74) is 1.87. The summed E-state index contributed by atoms with van der Waals surface area (Å²) in [4.78, 5) is 25.5. The van der Waals surface area contributed by atoms with Crippen LogP contribution >= 0.6 is 12.4 Å². The lowest BCUT2D eigenvalue weighted by Gasteiger charge is -2.30. The molecular formula is C20H30ClN3O3. The third-order valence-electron chi connectivity index (χ3n) is 5.56. The molecule has 1 heterocycles. The zero-order chi connectivity index (χ0) is 18.4. The van der Waals surface area contributed by atoms with Crippen molar-refractivity contribution in [2.24, 2.45) is 5.92 Å². The van der Waals surface area contributed by atoms with Crippen molar-refractivity contribution in [3.8, 4) is 0 Å². The smallest absolute Gasteiger partial charge is 0.303 e. The first-order valence-corrected chi connectivity index (χ1v) is 9.70. The van der Waals surface area contributed by atoms with Crippen LogP contribution in [0.25, 0.3) is 0 Å². The first kappa shape index (κ1) is 21.5. The highest BCUT2D eigenvalue weighted by Crippen LogP contribution is 2.28. The largest absolute Gasteiger partial charge is 0.481 e. The fourth-order valence-corrected chi connectivity index (χ4v) is 3.94. The van der Waals surface area contributed by atoms with Crippen LogP contribution in [-0.2, 0) is 4.79 Å². The molecule has 1 saturated carbocycles. The summed E-state index contributed by atoms with van der Waals surface area (Å²) in [6.07, 6.45) is 4.88. The Morgan fingerprint density at radius 1 is 1.07 bits per heavy atom. The van der Waals surface area contributed by atoms with Crippen molar-refractivity contribution in [3.63, 3.8) is 0 Å². The Morgan fingerprint density at radius 3 is 2.30 bits per heavy atom. The highest BCUT2D eigenvalue weighted by Gasteiger charge is 2.23. The van der Waals surface area contributed by atoms with E-state index >= 15 is 0 Å². The van der Waals surface area contributed by atoms with Gasteiger partial charge in [-0.3, -0.25) is 9.59 Å². The Balaban J connectivity index is 0.00000261. The third-order valence-corrected chi connectivity index (χ3v) is 5.56. The lowest BCUT2D eigenvalue weighted by atomic mass is 9.83. The number of piperazine rings is 1. The predicted molar refractivity (Wildman–Crippen MR) is 109 cm³/mol. The van der Waals surface area contributed by atoms with Gasteiger partial charge in [-0.15, -0.1) is 12.4 Å². The van der Waals surface area contributed by atoms with E-state index in [1.54, 1.807) is 0 Å². The summed E-state index contributed by atoms with van der Waals surface area (Å²) in [7, 11) is 0. The highest BCUT2D eigenvalue weighted by molar-refractivity contribution is 5.94. The molecule has 1 aromatic rings. The van der Waals surface area contributed by atoms with Crippen molar-refractivity contribution in [2.45, 2.75) is 44.6 Å². The minimum Gasteiger partial charge on any atom is -0.481 e. The minimum atomic E-state index is -0.718. The number of nitrogens with zero attached hydrogens (tertiary/aromatic N) is 1. The lowest BCUT2D eigenvalue weighted by molar-refractivity contribution is -0.137. The van der Waals surface area contributed by atoms with Crippen LogP contribution in [0.2, 0.25) is 0 Å². The zero-order valence-corrected chi connectivity index (χ0v) is 16.5. The topological polar surface area (TPSA) is 81.7 Å². The molecule has 150 valence electrons. The summed E-state index contributed by atoms with van der Waals surface area (Å²) in [5, 5.41) is 15.3. The SMILES string of the molecule is Cl.O=C(O)CC[C@H]1CC[C@H](NC(=O)c2ccc(N3CCNCC3)cc2)CC1. The Labute approximate surface area is 167 Å². The first-order valence-electron chi connectivity index (χ1n) is 9.70. The van der Waals surface area contributed by atoms with Crippen molar-refractivity contribution in [1.29, 1.82) is 0 Å². The second-order valence-electron chi connectivity index (χ2n) is 7.41. The van der Waals surface area contributed by atoms with Crippen LogP contribution in [0.15, 0.2) is 24.3 Å². The molecule has 2 aliphatic rings. The van der Waals surface area contributed by atoms with Crippen molar-refractivity contribution in [2.75, 3.05) is 31.1 Å². The molecule has 1 saturated heterocycles. The van der Waals surface area contributed by atoms with Crippen LogP contribution < -0.4 is 15.5 Å². The Kier molecular flexibility index (Phi) is 8.38. The Morgan fingerprint density at radius 2 is 1.70 bits per heavy atom. The van der Waals surface area contributed by atoms with Crippen LogP contribution in [-0.4, -0.2) is 49.2 Å². The normalized spacial score (nSPS) is 22.6. The predicted octanol–water partition coefficient (Wildman–Crippen LogP) is 2.67. The lowest BCUT2D eigenvalue weighted by Crippen LogP contribution is -2.43. The van der Waals surface area contributed by atoms with E-state index in [0.717, 1.165) is 58.3 Å². The molecule has 27 heavy (non-hydrogen) atoms. The minimum absolute atomic E-state index is 0. The van der Waals surface area contributed by atoms with E-state index in [9.17, 15) is 9.59 Å². The summed E-state index contributed by atoms with van der Waals surface area (Å²) in [6, 6.07) is 8.08. The number of amides is 1. The number of carboxylic acid groups (broad SMARTS) is 1. The van der Waals surface area contributed by atoms with Crippen molar-refractivity contribution in [1.82, 2.24) is 10.6 Å². The monoisotopic (exact) mass is 395 g/mol. The second kappa shape index (κ2) is 10.5. The van der Waals surface area contributed by atoms with Crippen molar-refractivity contribution in [3.05, 3.63) is 29.8 Å². The van der Waals surface area contributed by atoms with Gasteiger partial charge >= 0.3 is 5.97 Å². The van der Waals surface area contributed by atoms with Gasteiger partial charge in [0, 0.05) is 49.9 Å². The van der Waals surface area contributed by atoms with Gasteiger partial charge in [-0.05, 0) is 62.3 Å². The highest BCUT2D eigenvalue weighted by atomic mass is 35.5. The number of hydrogen-bond donors (Lipinski definition) is 3. The molecule has 1 aliphatic heterocycles. The van der Waals surface area contributed by atoms with Gasteiger partial charge < -0.3 is 20.6 Å². The van der Waals surface area contributed by atoms with E-state index in [4.69, 9.17) is 5.11 Å². The van der Waals surface area contributed by atoms with E-state index in [-0.39, 0.29) is 30.8 Å². The van der Waals surface area contributed by atoms with Crippen molar-refractivity contribution < 1.29 is 14.7 Å². The average Bonchev–Trinajstić information content (AvgIpc) is 2.68. The number of carboxylic acids is 1. The van der Waals surface area contributed by atoms with Gasteiger partial charge in [-0.1, -0.05) is 0 Å². The van der Waals surface area contributed by atoms with E-state index < -0.39 is 5.97 Å². The summed E-state index contributed by atoms with van der Waals surface area (Å²) in [6.45, 7) is 3.99. The van der Waals surface area contributed by atoms with E-state index in [2.05, 4.69) is 15.5 Å². The van der Waals surface area contributed by atoms with E-state index in [1.165, 1.54) is 5.69 Å². The molecule has 6 nitrogen and oxygen atoms in total. The second-order valence-corrected chi connectivity index (χ2v) is 7.41. The number of carbonyl (C=O) groups is 2. The van der Waals surface area contributed by atoms with Crippen LogP contribution in [0.3, 0.4) is 0 Å². The zero-order valence-electron chi connectivity index (χ0n) is 15.7. The molecule has 1 aromatic carbocycles. The molecule has 0 spiro atoms. The molecule has 1 aliphatic carbocycles. The number of anilines is 1. The van der Waals surface area contributed by atoms with Crippen LogP contribution in [0.1, 0.15) is 48.9 Å². The molecule has 2 fully saturated rings. The van der Waals surface area contributed by atoms with Gasteiger partial charge in [-0.2, -0.15) is 0 Å². The first-order chi connectivity index (χ1) is 12.6. The molecule has 0 bridgehead atoms. The van der Waals surface area contributed by atoms with Gasteiger partial charge in [0.2, 0.25) is 0 Å². The number of hydrogen-bond acceptors (Lipinski definition) is 4. The number of halogens is 1. The van der Waals surface area contributed by atoms with E-state index in [1.807, 2.05) is 24.3 Å². The molecule has 3 rings (SSSR count). The maximum atomic E-state index is 12.5. The summed E-state index contributed by atoms with van der Waals surface area (Å²) in [5.74, 6) is -0.242. The van der Waals surface area contributed by atoms with Gasteiger partial charge in [0.15, 0.2) is 0 Å². The van der Waals surface area contributed by atoms with E-state index in [0.29, 0.717) is 11.5 Å². The summed E-state index contributed by atoms with van der Waals surface area (Å²) >= 11 is 0.